The zero-order chi connectivity index (χ0) is 13.1. The van der Waals surface area contributed by atoms with Crippen molar-refractivity contribution in [3.63, 3.8) is 0 Å². The lowest BCUT2D eigenvalue weighted by atomic mass is 10.1. The molecule has 0 fully saturated rings. The molecule has 1 aromatic heterocycles. The van der Waals surface area contributed by atoms with E-state index < -0.39 is 0 Å². The van der Waals surface area contributed by atoms with Crippen LogP contribution in [0.3, 0.4) is 0 Å². The molecule has 18 heavy (non-hydrogen) atoms. The molecule has 0 saturated carbocycles. The summed E-state index contributed by atoms with van der Waals surface area (Å²) >= 11 is 0. The van der Waals surface area contributed by atoms with Gasteiger partial charge in [0, 0.05) is 17.8 Å². The van der Waals surface area contributed by atoms with Crippen LogP contribution in [0.25, 0.3) is 11.4 Å². The summed E-state index contributed by atoms with van der Waals surface area (Å²) in [4.78, 5) is 0. The maximum absolute atomic E-state index is 5.92. The van der Waals surface area contributed by atoms with Crippen molar-refractivity contribution in [2.24, 2.45) is 5.92 Å². The van der Waals surface area contributed by atoms with Gasteiger partial charge in [0.2, 0.25) is 0 Å². The summed E-state index contributed by atoms with van der Waals surface area (Å²) in [5.74, 6) is 1.41. The summed E-state index contributed by atoms with van der Waals surface area (Å²) in [6, 6.07) is 5.92. The molecule has 2 rings (SSSR count). The Morgan fingerprint density at radius 3 is 2.78 bits per heavy atom. The van der Waals surface area contributed by atoms with E-state index in [-0.39, 0.29) is 0 Å². The summed E-state index contributed by atoms with van der Waals surface area (Å²) in [6.45, 7) is 7.19. The molecular formula is C13H19N5. The molecule has 0 spiro atoms. The molecule has 0 atom stereocenters. The van der Waals surface area contributed by atoms with Gasteiger partial charge in [0.1, 0.15) is 0 Å². The maximum Gasteiger partial charge on any atom is 0.182 e. The lowest BCUT2D eigenvalue weighted by Gasteiger charge is -2.08. The second kappa shape index (κ2) is 5.16. The molecule has 96 valence electrons. The number of benzene rings is 1. The first-order valence-corrected chi connectivity index (χ1v) is 6.20. The quantitative estimate of drug-likeness (QED) is 0.839. The average molecular weight is 245 g/mol. The zero-order valence-electron chi connectivity index (χ0n) is 11.1. The van der Waals surface area contributed by atoms with Crippen molar-refractivity contribution in [3.8, 4) is 11.4 Å². The fourth-order valence-corrected chi connectivity index (χ4v) is 1.72. The minimum absolute atomic E-state index is 0.630. The van der Waals surface area contributed by atoms with E-state index in [4.69, 9.17) is 5.73 Å². The Balaban J connectivity index is 2.27. The fourth-order valence-electron chi connectivity index (χ4n) is 1.72. The third-order valence-electron chi connectivity index (χ3n) is 2.99. The lowest BCUT2D eigenvalue weighted by Crippen LogP contribution is -2.05. The number of anilines is 1. The van der Waals surface area contributed by atoms with Gasteiger partial charge in [0.25, 0.3) is 0 Å². The Bertz CT molecular complexity index is 530. The Morgan fingerprint density at radius 1 is 1.33 bits per heavy atom. The van der Waals surface area contributed by atoms with Crippen molar-refractivity contribution in [3.05, 3.63) is 23.8 Å². The Labute approximate surface area is 107 Å². The molecule has 5 nitrogen and oxygen atoms in total. The van der Waals surface area contributed by atoms with Crippen molar-refractivity contribution < 1.29 is 0 Å². The number of hydrogen-bond donors (Lipinski definition) is 1. The molecule has 5 heteroatoms. The highest BCUT2D eigenvalue weighted by molar-refractivity contribution is 5.63. The molecule has 0 amide bonds. The van der Waals surface area contributed by atoms with Crippen LogP contribution in [0.4, 0.5) is 5.69 Å². The van der Waals surface area contributed by atoms with Gasteiger partial charge < -0.3 is 5.73 Å². The second-order valence-corrected chi connectivity index (χ2v) is 4.98. The third-order valence-corrected chi connectivity index (χ3v) is 2.99. The monoisotopic (exact) mass is 245 g/mol. The lowest BCUT2D eigenvalue weighted by molar-refractivity contribution is 0.481. The second-order valence-electron chi connectivity index (χ2n) is 4.98. The van der Waals surface area contributed by atoms with Crippen LogP contribution in [-0.4, -0.2) is 20.2 Å². The Morgan fingerprint density at radius 2 is 2.11 bits per heavy atom. The van der Waals surface area contributed by atoms with Crippen molar-refractivity contribution in [2.75, 3.05) is 5.73 Å². The number of aromatic nitrogens is 4. The highest BCUT2D eigenvalue weighted by atomic mass is 15.5. The fraction of sp³-hybridized carbons (Fsp3) is 0.462. The van der Waals surface area contributed by atoms with Gasteiger partial charge in [0.05, 0.1) is 0 Å². The smallest absolute Gasteiger partial charge is 0.182 e. The van der Waals surface area contributed by atoms with Gasteiger partial charge >= 0.3 is 0 Å². The molecule has 0 aliphatic carbocycles. The third kappa shape index (κ3) is 2.67. The van der Waals surface area contributed by atoms with Crippen molar-refractivity contribution in [1.82, 2.24) is 20.2 Å². The predicted octanol–water partition coefficient (Wildman–Crippen LogP) is 2.28. The molecule has 0 aliphatic heterocycles. The SMILES string of the molecule is Cc1ccc(-c2nnnn2CCC(C)C)cc1N. The number of nitrogens with two attached hydrogens (primary N) is 1. The van der Waals surface area contributed by atoms with E-state index in [0.29, 0.717) is 5.92 Å². The molecule has 2 N–H and O–H groups in total. The number of nitrogens with zero attached hydrogens (tertiary/aromatic N) is 4. The molecule has 0 unspecified atom stereocenters. The molecule has 0 aliphatic rings. The molecule has 1 aromatic carbocycles. The summed E-state index contributed by atoms with van der Waals surface area (Å²) in [5, 5.41) is 11.9. The van der Waals surface area contributed by atoms with Crippen LogP contribution in [0.1, 0.15) is 25.8 Å². The number of nitrogen functional groups attached to an aromatic ring is 1. The molecular weight excluding hydrogens is 226 g/mol. The molecule has 0 saturated heterocycles. The Hall–Kier alpha value is -1.91. The average Bonchev–Trinajstić information content (AvgIpc) is 2.78. The van der Waals surface area contributed by atoms with Gasteiger partial charge in [-0.15, -0.1) is 5.10 Å². The summed E-state index contributed by atoms with van der Waals surface area (Å²) in [7, 11) is 0. The number of rotatable bonds is 4. The summed E-state index contributed by atoms with van der Waals surface area (Å²) in [6.07, 6.45) is 1.05. The van der Waals surface area contributed by atoms with Crippen molar-refractivity contribution in [1.29, 1.82) is 0 Å². The van der Waals surface area contributed by atoms with E-state index in [1.807, 2.05) is 29.8 Å². The highest BCUT2D eigenvalue weighted by Gasteiger charge is 2.10. The number of aryl methyl sites for hydroxylation is 2. The molecule has 0 radical (unpaired) electrons. The van der Waals surface area contributed by atoms with Crippen LogP contribution in [0.2, 0.25) is 0 Å². The van der Waals surface area contributed by atoms with Crippen LogP contribution in [0.5, 0.6) is 0 Å². The van der Waals surface area contributed by atoms with E-state index in [1.165, 1.54) is 0 Å². The largest absolute Gasteiger partial charge is 0.398 e. The number of hydrogen-bond acceptors (Lipinski definition) is 4. The maximum atomic E-state index is 5.92. The normalized spacial score (nSPS) is 11.1. The van der Waals surface area contributed by atoms with Crippen LogP contribution in [0.15, 0.2) is 18.2 Å². The first kappa shape index (κ1) is 12.5. The van der Waals surface area contributed by atoms with Crippen LogP contribution < -0.4 is 5.73 Å². The summed E-state index contributed by atoms with van der Waals surface area (Å²) < 4.78 is 1.84. The van der Waals surface area contributed by atoms with Gasteiger partial charge in [-0.2, -0.15) is 0 Å². The van der Waals surface area contributed by atoms with E-state index >= 15 is 0 Å². The van der Waals surface area contributed by atoms with Crippen LogP contribution in [-0.2, 0) is 6.54 Å². The first-order valence-electron chi connectivity index (χ1n) is 6.20. The van der Waals surface area contributed by atoms with E-state index in [2.05, 4.69) is 29.4 Å². The molecule has 2 aromatic rings. The molecule has 1 heterocycles. The van der Waals surface area contributed by atoms with Gasteiger partial charge in [0.15, 0.2) is 5.82 Å². The predicted molar refractivity (Wildman–Crippen MR) is 71.9 cm³/mol. The van der Waals surface area contributed by atoms with E-state index in [0.717, 1.165) is 35.6 Å². The van der Waals surface area contributed by atoms with Gasteiger partial charge in [-0.25, -0.2) is 4.68 Å². The topological polar surface area (TPSA) is 69.6 Å². The standard InChI is InChI=1S/C13H19N5/c1-9(2)6-7-18-13(15-16-17-18)11-5-4-10(3)12(14)8-11/h4-5,8-9H,6-7,14H2,1-3H3. The minimum Gasteiger partial charge on any atom is -0.398 e. The number of tetrazole rings is 1. The van der Waals surface area contributed by atoms with Gasteiger partial charge in [-0.3, -0.25) is 0 Å². The zero-order valence-corrected chi connectivity index (χ0v) is 11.1. The van der Waals surface area contributed by atoms with Crippen LogP contribution >= 0.6 is 0 Å². The Kier molecular flexibility index (Phi) is 3.60. The highest BCUT2D eigenvalue weighted by Crippen LogP contribution is 2.21. The van der Waals surface area contributed by atoms with Crippen molar-refractivity contribution in [2.45, 2.75) is 33.7 Å². The van der Waals surface area contributed by atoms with E-state index in [1.54, 1.807) is 0 Å². The van der Waals surface area contributed by atoms with E-state index in [9.17, 15) is 0 Å². The van der Waals surface area contributed by atoms with Gasteiger partial charge in [-0.05, 0) is 41.3 Å². The van der Waals surface area contributed by atoms with Gasteiger partial charge in [-0.1, -0.05) is 26.0 Å². The van der Waals surface area contributed by atoms with Crippen molar-refractivity contribution >= 4 is 5.69 Å². The minimum atomic E-state index is 0.630. The first-order chi connectivity index (χ1) is 8.58. The van der Waals surface area contributed by atoms with Crippen LogP contribution in [0, 0.1) is 12.8 Å². The molecule has 0 bridgehead atoms. The summed E-state index contributed by atoms with van der Waals surface area (Å²) in [5.41, 5.74) is 8.72.